The van der Waals surface area contributed by atoms with Gasteiger partial charge in [0, 0.05) is 56.3 Å². The average molecular weight is 380 g/mol. The number of thiazole rings is 1. The SMILES string of the molecule is O=C(NCCc1nccs1)c1cccc(S(=O)(=O)N2CCNCC2)c1. The van der Waals surface area contributed by atoms with E-state index in [1.165, 1.54) is 27.8 Å². The number of carbonyl (C=O) groups excluding carboxylic acids is 1. The zero-order chi connectivity index (χ0) is 17.7. The quantitative estimate of drug-likeness (QED) is 0.770. The van der Waals surface area contributed by atoms with Gasteiger partial charge >= 0.3 is 0 Å². The Balaban J connectivity index is 1.66. The molecule has 1 aromatic heterocycles. The van der Waals surface area contributed by atoms with Gasteiger partial charge in [-0.3, -0.25) is 4.79 Å². The normalized spacial score (nSPS) is 15.8. The fraction of sp³-hybridized carbons (Fsp3) is 0.375. The number of benzene rings is 1. The molecular formula is C16H20N4O3S2. The molecule has 2 N–H and O–H groups in total. The van der Waals surface area contributed by atoms with Crippen LogP contribution in [0.5, 0.6) is 0 Å². The van der Waals surface area contributed by atoms with Crippen LogP contribution in [0.15, 0.2) is 40.7 Å². The van der Waals surface area contributed by atoms with Gasteiger partial charge in [0.2, 0.25) is 10.0 Å². The van der Waals surface area contributed by atoms with Crippen molar-refractivity contribution in [3.63, 3.8) is 0 Å². The van der Waals surface area contributed by atoms with E-state index in [0.29, 0.717) is 44.7 Å². The summed E-state index contributed by atoms with van der Waals surface area (Å²) in [6.07, 6.45) is 2.38. The summed E-state index contributed by atoms with van der Waals surface area (Å²) in [4.78, 5) is 16.6. The minimum atomic E-state index is -3.57. The molecule has 0 unspecified atom stereocenters. The molecule has 0 bridgehead atoms. The molecule has 7 nitrogen and oxygen atoms in total. The molecule has 0 radical (unpaired) electrons. The topological polar surface area (TPSA) is 91.4 Å². The highest BCUT2D eigenvalue weighted by atomic mass is 32.2. The molecule has 9 heteroatoms. The highest BCUT2D eigenvalue weighted by molar-refractivity contribution is 7.89. The van der Waals surface area contributed by atoms with Crippen LogP contribution in [0.3, 0.4) is 0 Å². The maximum atomic E-state index is 12.7. The van der Waals surface area contributed by atoms with Gasteiger partial charge in [-0.15, -0.1) is 11.3 Å². The van der Waals surface area contributed by atoms with Gasteiger partial charge in [0.25, 0.3) is 5.91 Å². The van der Waals surface area contributed by atoms with Crippen LogP contribution >= 0.6 is 11.3 Å². The summed E-state index contributed by atoms with van der Waals surface area (Å²) in [6, 6.07) is 6.19. The molecule has 0 atom stereocenters. The van der Waals surface area contributed by atoms with Crippen molar-refractivity contribution in [3.05, 3.63) is 46.4 Å². The smallest absolute Gasteiger partial charge is 0.251 e. The summed E-state index contributed by atoms with van der Waals surface area (Å²) in [5.74, 6) is -0.283. The fourth-order valence-corrected chi connectivity index (χ4v) is 4.70. The lowest BCUT2D eigenvalue weighted by Gasteiger charge is -2.26. The van der Waals surface area contributed by atoms with Gasteiger partial charge in [-0.2, -0.15) is 4.31 Å². The Bertz CT molecular complexity index is 816. The summed E-state index contributed by atoms with van der Waals surface area (Å²) in [6.45, 7) is 2.60. The van der Waals surface area contributed by atoms with Crippen molar-refractivity contribution in [1.29, 1.82) is 0 Å². The standard InChI is InChI=1S/C16H20N4O3S2/c21-16(19-5-4-15-18-8-11-24-15)13-2-1-3-14(12-13)25(22,23)20-9-6-17-7-10-20/h1-3,8,11-12,17H,4-7,9-10H2,(H,19,21). The van der Waals surface area contributed by atoms with Crippen molar-refractivity contribution in [2.45, 2.75) is 11.3 Å². The summed E-state index contributed by atoms with van der Waals surface area (Å²) < 4.78 is 26.8. The summed E-state index contributed by atoms with van der Waals surface area (Å²) in [7, 11) is -3.57. The van der Waals surface area contributed by atoms with E-state index in [0.717, 1.165) is 5.01 Å². The first-order valence-corrected chi connectivity index (χ1v) is 10.4. The molecule has 1 aromatic carbocycles. The number of rotatable bonds is 6. The molecule has 1 saturated heterocycles. The van der Waals surface area contributed by atoms with Crippen LogP contribution in [0, 0.1) is 0 Å². The first-order chi connectivity index (χ1) is 12.1. The minimum Gasteiger partial charge on any atom is -0.352 e. The average Bonchev–Trinajstić information content (AvgIpc) is 3.16. The second kappa shape index (κ2) is 8.05. The van der Waals surface area contributed by atoms with E-state index in [-0.39, 0.29) is 10.8 Å². The zero-order valence-corrected chi connectivity index (χ0v) is 15.3. The molecule has 0 spiro atoms. The largest absolute Gasteiger partial charge is 0.352 e. The van der Waals surface area contributed by atoms with Crippen molar-refractivity contribution in [3.8, 4) is 0 Å². The van der Waals surface area contributed by atoms with Gasteiger partial charge in [0.15, 0.2) is 0 Å². The summed E-state index contributed by atoms with van der Waals surface area (Å²) in [5.41, 5.74) is 0.343. The van der Waals surface area contributed by atoms with E-state index in [4.69, 9.17) is 0 Å². The number of aromatic nitrogens is 1. The predicted molar refractivity (Wildman–Crippen MR) is 96.2 cm³/mol. The molecule has 1 amide bonds. The number of carbonyl (C=O) groups is 1. The Morgan fingerprint density at radius 3 is 2.84 bits per heavy atom. The maximum absolute atomic E-state index is 12.7. The molecular weight excluding hydrogens is 360 g/mol. The van der Waals surface area contributed by atoms with Crippen molar-refractivity contribution >= 4 is 27.3 Å². The molecule has 2 heterocycles. The van der Waals surface area contributed by atoms with Gasteiger partial charge in [-0.25, -0.2) is 13.4 Å². The van der Waals surface area contributed by atoms with Crippen LogP contribution in [-0.2, 0) is 16.4 Å². The molecule has 2 aromatic rings. The highest BCUT2D eigenvalue weighted by Gasteiger charge is 2.26. The molecule has 3 rings (SSSR count). The molecule has 134 valence electrons. The van der Waals surface area contributed by atoms with Gasteiger partial charge in [0.1, 0.15) is 0 Å². The number of hydrogen-bond acceptors (Lipinski definition) is 6. The van der Waals surface area contributed by atoms with Crippen LogP contribution in [0.25, 0.3) is 0 Å². The Morgan fingerprint density at radius 2 is 2.12 bits per heavy atom. The van der Waals surface area contributed by atoms with Crippen LogP contribution in [0.2, 0.25) is 0 Å². The Hall–Kier alpha value is -1.81. The first-order valence-electron chi connectivity index (χ1n) is 8.05. The molecule has 1 fully saturated rings. The lowest BCUT2D eigenvalue weighted by Crippen LogP contribution is -2.46. The number of sulfonamides is 1. The van der Waals surface area contributed by atoms with Crippen LogP contribution < -0.4 is 10.6 Å². The lowest BCUT2D eigenvalue weighted by molar-refractivity contribution is 0.0954. The predicted octanol–water partition coefficient (Wildman–Crippen LogP) is 0.709. The summed E-state index contributed by atoms with van der Waals surface area (Å²) >= 11 is 1.54. The van der Waals surface area contributed by atoms with E-state index < -0.39 is 10.0 Å². The van der Waals surface area contributed by atoms with Crippen LogP contribution in [0.4, 0.5) is 0 Å². The lowest BCUT2D eigenvalue weighted by atomic mass is 10.2. The molecule has 1 aliphatic rings. The van der Waals surface area contributed by atoms with Crippen molar-refractivity contribution in [2.75, 3.05) is 32.7 Å². The molecule has 1 aliphatic heterocycles. The fourth-order valence-electron chi connectivity index (χ4n) is 2.59. The Kier molecular flexibility index (Phi) is 5.79. The molecule has 0 saturated carbocycles. The third-order valence-electron chi connectivity index (χ3n) is 3.92. The van der Waals surface area contributed by atoms with E-state index >= 15 is 0 Å². The van der Waals surface area contributed by atoms with E-state index in [1.54, 1.807) is 18.3 Å². The molecule has 25 heavy (non-hydrogen) atoms. The number of piperazine rings is 1. The van der Waals surface area contributed by atoms with E-state index in [9.17, 15) is 13.2 Å². The Morgan fingerprint density at radius 1 is 1.32 bits per heavy atom. The summed E-state index contributed by atoms with van der Waals surface area (Å²) in [5, 5.41) is 8.78. The first kappa shape index (κ1) is 18.0. The third kappa shape index (κ3) is 4.43. The van der Waals surface area contributed by atoms with Gasteiger partial charge in [-0.05, 0) is 18.2 Å². The number of nitrogens with zero attached hydrogens (tertiary/aromatic N) is 2. The number of hydrogen-bond donors (Lipinski definition) is 2. The van der Waals surface area contributed by atoms with Crippen molar-refractivity contribution < 1.29 is 13.2 Å². The second-order valence-corrected chi connectivity index (χ2v) is 8.53. The third-order valence-corrected chi connectivity index (χ3v) is 6.65. The van der Waals surface area contributed by atoms with Crippen molar-refractivity contribution in [1.82, 2.24) is 19.9 Å². The van der Waals surface area contributed by atoms with E-state index in [1.807, 2.05) is 5.38 Å². The van der Waals surface area contributed by atoms with E-state index in [2.05, 4.69) is 15.6 Å². The van der Waals surface area contributed by atoms with Gasteiger partial charge in [-0.1, -0.05) is 6.07 Å². The van der Waals surface area contributed by atoms with Crippen LogP contribution in [0.1, 0.15) is 15.4 Å². The monoisotopic (exact) mass is 380 g/mol. The maximum Gasteiger partial charge on any atom is 0.251 e. The van der Waals surface area contributed by atoms with Gasteiger partial charge < -0.3 is 10.6 Å². The molecule has 0 aliphatic carbocycles. The Labute approximate surface area is 151 Å². The number of amides is 1. The van der Waals surface area contributed by atoms with Crippen LogP contribution in [-0.4, -0.2) is 56.3 Å². The number of nitrogens with one attached hydrogen (secondary N) is 2. The second-order valence-electron chi connectivity index (χ2n) is 5.61. The van der Waals surface area contributed by atoms with Crippen molar-refractivity contribution in [2.24, 2.45) is 0 Å². The zero-order valence-electron chi connectivity index (χ0n) is 13.6. The highest BCUT2D eigenvalue weighted by Crippen LogP contribution is 2.17. The minimum absolute atomic E-state index is 0.155. The van der Waals surface area contributed by atoms with Gasteiger partial charge in [0.05, 0.1) is 9.90 Å².